The van der Waals surface area contributed by atoms with Gasteiger partial charge in [-0.2, -0.15) is 0 Å². The zero-order chi connectivity index (χ0) is 13.7. The molecule has 0 bridgehead atoms. The van der Waals surface area contributed by atoms with Crippen molar-refractivity contribution in [3.63, 3.8) is 0 Å². The van der Waals surface area contributed by atoms with Crippen LogP contribution in [0.2, 0.25) is 0 Å². The first-order chi connectivity index (χ1) is 9.19. The minimum atomic E-state index is 0. The van der Waals surface area contributed by atoms with E-state index in [9.17, 15) is 4.79 Å². The molecular weight excluding hydrogens is 309 g/mol. The Morgan fingerprint density at radius 3 is 2.57 bits per heavy atom. The number of hydrogen-bond acceptors (Lipinski definition) is 3. The lowest BCUT2D eigenvalue weighted by Gasteiger charge is -2.21. The number of rotatable bonds is 8. The SMILES string of the molecule is CCCN(C)CC1CCN(C(=O)CNCC2CC2)C1.Cl.Cl. The minimum Gasteiger partial charge on any atom is -0.341 e. The second-order valence-corrected chi connectivity index (χ2v) is 6.33. The Hall–Kier alpha value is -0.0300. The molecule has 1 aliphatic carbocycles. The average molecular weight is 340 g/mol. The van der Waals surface area contributed by atoms with Gasteiger partial charge in [-0.05, 0) is 57.7 Å². The van der Waals surface area contributed by atoms with Crippen LogP contribution in [-0.4, -0.2) is 62.0 Å². The van der Waals surface area contributed by atoms with Crippen molar-refractivity contribution >= 4 is 30.7 Å². The Bertz CT molecular complexity index is 301. The van der Waals surface area contributed by atoms with E-state index in [0.717, 1.165) is 38.6 Å². The van der Waals surface area contributed by atoms with E-state index in [0.29, 0.717) is 18.4 Å². The summed E-state index contributed by atoms with van der Waals surface area (Å²) in [6.07, 6.45) is 5.06. The van der Waals surface area contributed by atoms with Gasteiger partial charge < -0.3 is 15.1 Å². The smallest absolute Gasteiger partial charge is 0.236 e. The summed E-state index contributed by atoms with van der Waals surface area (Å²) in [6.45, 7) is 7.98. The maximum atomic E-state index is 12.1. The van der Waals surface area contributed by atoms with E-state index >= 15 is 0 Å². The molecule has 1 N–H and O–H groups in total. The molecule has 126 valence electrons. The normalized spacial score (nSPS) is 21.1. The van der Waals surface area contributed by atoms with Crippen molar-refractivity contribution < 1.29 is 4.79 Å². The van der Waals surface area contributed by atoms with Gasteiger partial charge in [0.05, 0.1) is 6.54 Å². The molecule has 0 aromatic carbocycles. The lowest BCUT2D eigenvalue weighted by molar-refractivity contribution is -0.129. The highest BCUT2D eigenvalue weighted by Gasteiger charge is 2.27. The summed E-state index contributed by atoms with van der Waals surface area (Å²) in [5.41, 5.74) is 0. The number of carbonyl (C=O) groups excluding carboxylic acids is 1. The van der Waals surface area contributed by atoms with Crippen molar-refractivity contribution in [2.24, 2.45) is 11.8 Å². The van der Waals surface area contributed by atoms with E-state index in [-0.39, 0.29) is 24.8 Å². The van der Waals surface area contributed by atoms with Crippen molar-refractivity contribution in [3.05, 3.63) is 0 Å². The summed E-state index contributed by atoms with van der Waals surface area (Å²) in [5.74, 6) is 1.81. The van der Waals surface area contributed by atoms with Gasteiger partial charge in [-0.25, -0.2) is 0 Å². The Labute approximate surface area is 141 Å². The molecule has 0 spiro atoms. The molecule has 1 aliphatic heterocycles. The first-order valence-electron chi connectivity index (χ1n) is 7.86. The van der Waals surface area contributed by atoms with Gasteiger partial charge in [-0.15, -0.1) is 24.8 Å². The van der Waals surface area contributed by atoms with Crippen LogP contribution in [0.5, 0.6) is 0 Å². The van der Waals surface area contributed by atoms with Gasteiger partial charge in [0.15, 0.2) is 0 Å². The highest BCUT2D eigenvalue weighted by atomic mass is 35.5. The van der Waals surface area contributed by atoms with Crippen molar-refractivity contribution in [2.45, 2.75) is 32.6 Å². The molecule has 2 rings (SSSR count). The molecule has 1 saturated carbocycles. The number of likely N-dealkylation sites (tertiary alicyclic amines) is 1. The average Bonchev–Trinajstić information content (AvgIpc) is 3.07. The van der Waals surface area contributed by atoms with Crippen LogP contribution in [0.3, 0.4) is 0 Å². The van der Waals surface area contributed by atoms with Crippen LogP contribution < -0.4 is 5.32 Å². The molecule has 1 heterocycles. The van der Waals surface area contributed by atoms with Crippen LogP contribution in [0.4, 0.5) is 0 Å². The molecule has 1 atom stereocenters. The van der Waals surface area contributed by atoms with E-state index in [1.807, 2.05) is 4.90 Å². The summed E-state index contributed by atoms with van der Waals surface area (Å²) in [7, 11) is 2.19. The molecule has 1 unspecified atom stereocenters. The van der Waals surface area contributed by atoms with Gasteiger partial charge in [0.25, 0.3) is 0 Å². The van der Waals surface area contributed by atoms with Crippen LogP contribution in [0, 0.1) is 11.8 Å². The van der Waals surface area contributed by atoms with E-state index < -0.39 is 0 Å². The predicted octanol–water partition coefficient (Wildman–Crippen LogP) is 2.02. The first kappa shape index (κ1) is 21.0. The van der Waals surface area contributed by atoms with Crippen LogP contribution in [0.1, 0.15) is 32.6 Å². The molecule has 4 nitrogen and oxygen atoms in total. The lowest BCUT2D eigenvalue weighted by atomic mass is 10.1. The quantitative estimate of drug-likeness (QED) is 0.734. The Balaban J connectivity index is 0.00000200. The number of hydrogen-bond donors (Lipinski definition) is 1. The summed E-state index contributed by atoms with van der Waals surface area (Å²) in [4.78, 5) is 16.5. The predicted molar refractivity (Wildman–Crippen MR) is 92.6 cm³/mol. The zero-order valence-corrected chi connectivity index (χ0v) is 15.0. The maximum Gasteiger partial charge on any atom is 0.236 e. The molecule has 21 heavy (non-hydrogen) atoms. The van der Waals surface area contributed by atoms with Gasteiger partial charge in [-0.3, -0.25) is 4.79 Å². The third-order valence-electron chi connectivity index (χ3n) is 4.22. The van der Waals surface area contributed by atoms with E-state index in [1.165, 1.54) is 25.7 Å². The molecule has 6 heteroatoms. The molecule has 0 radical (unpaired) electrons. The van der Waals surface area contributed by atoms with E-state index in [2.05, 4.69) is 24.2 Å². The fourth-order valence-electron chi connectivity index (χ4n) is 2.94. The molecule has 1 amide bonds. The van der Waals surface area contributed by atoms with E-state index in [4.69, 9.17) is 0 Å². The third-order valence-corrected chi connectivity index (χ3v) is 4.22. The Kier molecular flexibility index (Phi) is 10.6. The number of halogens is 2. The van der Waals surface area contributed by atoms with Crippen molar-refractivity contribution in [2.75, 3.05) is 46.3 Å². The lowest BCUT2D eigenvalue weighted by Crippen LogP contribution is -2.38. The molecule has 0 aromatic rings. The van der Waals surface area contributed by atoms with Crippen LogP contribution >= 0.6 is 24.8 Å². The minimum absolute atomic E-state index is 0. The zero-order valence-electron chi connectivity index (χ0n) is 13.3. The third kappa shape index (κ3) is 7.68. The Morgan fingerprint density at radius 1 is 1.24 bits per heavy atom. The fraction of sp³-hybridized carbons (Fsp3) is 0.933. The van der Waals surface area contributed by atoms with Crippen molar-refractivity contribution in [3.8, 4) is 0 Å². The monoisotopic (exact) mass is 339 g/mol. The second-order valence-electron chi connectivity index (χ2n) is 6.33. The molecule has 2 aliphatic rings. The molecular formula is C15H31Cl2N3O. The summed E-state index contributed by atoms with van der Waals surface area (Å²) < 4.78 is 0. The Morgan fingerprint density at radius 2 is 1.95 bits per heavy atom. The number of nitrogens with zero attached hydrogens (tertiary/aromatic N) is 2. The van der Waals surface area contributed by atoms with Crippen LogP contribution in [0.15, 0.2) is 0 Å². The maximum absolute atomic E-state index is 12.1. The standard InChI is InChI=1S/C15H29N3O.2ClH/c1-3-7-17(2)11-14-6-8-18(12-14)15(19)10-16-9-13-4-5-13;;/h13-14,16H,3-12H2,1-2H3;2*1H. The highest BCUT2D eigenvalue weighted by molar-refractivity contribution is 5.85. The summed E-state index contributed by atoms with van der Waals surface area (Å²) in [5, 5.41) is 3.30. The van der Waals surface area contributed by atoms with Crippen LogP contribution in [0.25, 0.3) is 0 Å². The van der Waals surface area contributed by atoms with E-state index in [1.54, 1.807) is 0 Å². The van der Waals surface area contributed by atoms with Gasteiger partial charge in [-0.1, -0.05) is 6.92 Å². The van der Waals surface area contributed by atoms with Crippen LogP contribution in [-0.2, 0) is 4.79 Å². The first-order valence-corrected chi connectivity index (χ1v) is 7.86. The fourth-order valence-corrected chi connectivity index (χ4v) is 2.94. The van der Waals surface area contributed by atoms with Gasteiger partial charge in [0, 0.05) is 19.6 Å². The van der Waals surface area contributed by atoms with Gasteiger partial charge in [0.2, 0.25) is 5.91 Å². The highest BCUT2D eigenvalue weighted by Crippen LogP contribution is 2.27. The van der Waals surface area contributed by atoms with Gasteiger partial charge in [0.1, 0.15) is 0 Å². The number of carbonyl (C=O) groups is 1. The van der Waals surface area contributed by atoms with Crippen molar-refractivity contribution in [1.29, 1.82) is 0 Å². The second kappa shape index (κ2) is 10.7. The van der Waals surface area contributed by atoms with Gasteiger partial charge >= 0.3 is 0 Å². The molecule has 2 fully saturated rings. The summed E-state index contributed by atoms with van der Waals surface area (Å²) in [6, 6.07) is 0. The largest absolute Gasteiger partial charge is 0.341 e. The topological polar surface area (TPSA) is 35.6 Å². The molecule has 0 aromatic heterocycles. The molecule has 1 saturated heterocycles. The summed E-state index contributed by atoms with van der Waals surface area (Å²) >= 11 is 0. The number of amides is 1. The van der Waals surface area contributed by atoms with Crippen molar-refractivity contribution in [1.82, 2.24) is 15.1 Å². The number of nitrogens with one attached hydrogen (secondary N) is 1.